The first-order valence-corrected chi connectivity index (χ1v) is 12.3. The summed E-state index contributed by atoms with van der Waals surface area (Å²) in [6.07, 6.45) is 0.840. The fraction of sp³-hybridized carbons (Fsp3) is 0.750. The van der Waals surface area contributed by atoms with E-state index in [9.17, 15) is 4.79 Å². The molecule has 1 rings (SSSR count). The molecule has 0 aromatic carbocycles. The van der Waals surface area contributed by atoms with Crippen molar-refractivity contribution in [1.29, 1.82) is 0 Å². The Hall–Kier alpha value is -1.27. The number of rotatable bonds is 6. The quantitative estimate of drug-likeness (QED) is 0.622. The van der Waals surface area contributed by atoms with Crippen LogP contribution in [0.25, 0.3) is 0 Å². The van der Waals surface area contributed by atoms with Crippen LogP contribution in [-0.4, -0.2) is 26.1 Å². The van der Waals surface area contributed by atoms with E-state index < -0.39 is 20.0 Å². The normalized spacial score (nSPS) is 15.7. The SMILES string of the molecule is CC(C)[C@H](NC(=O)OC(C)(C)C)[C@H](O[Si](C)(C)C(C)(C)C)c1ccco1. The Morgan fingerprint density at radius 3 is 2.12 bits per heavy atom. The molecule has 1 aromatic heterocycles. The topological polar surface area (TPSA) is 60.7 Å². The fourth-order valence-electron chi connectivity index (χ4n) is 2.29. The first-order valence-electron chi connectivity index (χ1n) is 9.35. The standard InChI is InChI=1S/C20H37NO4Si/c1-14(2)16(21-18(22)24-19(3,4)5)17(15-12-11-13-23-15)25-26(9,10)20(6,7)8/h11-14,16-17H,1-10H3,(H,21,22)/t16-,17+/m0/s1. The van der Waals surface area contributed by atoms with E-state index in [4.69, 9.17) is 13.6 Å². The molecule has 0 unspecified atom stereocenters. The second-order valence-electron chi connectivity index (χ2n) is 9.73. The number of nitrogens with one attached hydrogen (secondary N) is 1. The van der Waals surface area contributed by atoms with E-state index in [0.29, 0.717) is 0 Å². The highest BCUT2D eigenvalue weighted by atomic mass is 28.4. The van der Waals surface area contributed by atoms with Crippen LogP contribution >= 0.6 is 0 Å². The zero-order valence-corrected chi connectivity index (χ0v) is 19.1. The molecule has 150 valence electrons. The van der Waals surface area contributed by atoms with Crippen molar-refractivity contribution < 1.29 is 18.4 Å². The van der Waals surface area contributed by atoms with Crippen molar-refractivity contribution in [1.82, 2.24) is 5.32 Å². The van der Waals surface area contributed by atoms with Gasteiger partial charge in [0.05, 0.1) is 12.3 Å². The van der Waals surface area contributed by atoms with Gasteiger partial charge in [-0.3, -0.25) is 0 Å². The Kier molecular flexibility index (Phi) is 7.16. The molecule has 1 aromatic rings. The number of alkyl carbamates (subject to hydrolysis) is 1. The van der Waals surface area contributed by atoms with E-state index in [1.54, 1.807) is 6.26 Å². The van der Waals surface area contributed by atoms with Gasteiger partial charge in [-0.15, -0.1) is 0 Å². The average molecular weight is 384 g/mol. The lowest BCUT2D eigenvalue weighted by molar-refractivity contribution is 0.0361. The van der Waals surface area contributed by atoms with Crippen molar-refractivity contribution in [3.8, 4) is 0 Å². The van der Waals surface area contributed by atoms with E-state index in [-0.39, 0.29) is 23.1 Å². The number of hydrogen-bond donors (Lipinski definition) is 1. The smallest absolute Gasteiger partial charge is 0.407 e. The highest BCUT2D eigenvalue weighted by molar-refractivity contribution is 6.74. The van der Waals surface area contributed by atoms with Gasteiger partial charge in [-0.2, -0.15) is 0 Å². The third-order valence-corrected chi connectivity index (χ3v) is 9.23. The maximum absolute atomic E-state index is 12.4. The Morgan fingerprint density at radius 2 is 1.73 bits per heavy atom. The highest BCUT2D eigenvalue weighted by Gasteiger charge is 2.43. The molecular weight excluding hydrogens is 346 g/mol. The summed E-state index contributed by atoms with van der Waals surface area (Å²) in [5, 5.41) is 3.06. The maximum atomic E-state index is 12.4. The van der Waals surface area contributed by atoms with Gasteiger partial charge < -0.3 is 18.9 Å². The van der Waals surface area contributed by atoms with Crippen LogP contribution in [-0.2, 0) is 9.16 Å². The van der Waals surface area contributed by atoms with Gasteiger partial charge in [-0.05, 0) is 57.0 Å². The molecule has 0 fully saturated rings. The monoisotopic (exact) mass is 383 g/mol. The van der Waals surface area contributed by atoms with Crippen LogP contribution in [0.2, 0.25) is 18.1 Å². The van der Waals surface area contributed by atoms with Crippen molar-refractivity contribution in [3.05, 3.63) is 24.2 Å². The molecular formula is C20H37NO4Si. The minimum absolute atomic E-state index is 0.0469. The zero-order chi connectivity index (χ0) is 20.3. The van der Waals surface area contributed by atoms with Crippen LogP contribution in [0.4, 0.5) is 4.79 Å². The van der Waals surface area contributed by atoms with Gasteiger partial charge >= 0.3 is 6.09 Å². The van der Waals surface area contributed by atoms with Crippen LogP contribution in [0.5, 0.6) is 0 Å². The van der Waals surface area contributed by atoms with Gasteiger partial charge in [-0.1, -0.05) is 34.6 Å². The van der Waals surface area contributed by atoms with Crippen LogP contribution in [0.15, 0.2) is 22.8 Å². The van der Waals surface area contributed by atoms with Gasteiger partial charge in [0, 0.05) is 0 Å². The van der Waals surface area contributed by atoms with Gasteiger partial charge in [0.1, 0.15) is 17.5 Å². The summed E-state index contributed by atoms with van der Waals surface area (Å²) in [4.78, 5) is 12.4. The molecule has 0 spiro atoms. The average Bonchev–Trinajstić information content (AvgIpc) is 2.92. The Balaban J connectivity index is 3.15. The Morgan fingerprint density at radius 1 is 1.15 bits per heavy atom. The third-order valence-electron chi connectivity index (χ3n) is 4.78. The van der Waals surface area contributed by atoms with Crippen LogP contribution < -0.4 is 5.32 Å². The summed E-state index contributed by atoms with van der Waals surface area (Å²) in [6, 6.07) is 3.50. The summed E-state index contributed by atoms with van der Waals surface area (Å²) in [7, 11) is -2.08. The molecule has 0 aliphatic carbocycles. The van der Waals surface area contributed by atoms with Gasteiger partial charge in [0.15, 0.2) is 8.32 Å². The van der Waals surface area contributed by atoms with Crippen molar-refractivity contribution >= 4 is 14.4 Å². The van der Waals surface area contributed by atoms with E-state index in [1.165, 1.54) is 0 Å². The van der Waals surface area contributed by atoms with Gasteiger partial charge in [0.25, 0.3) is 0 Å². The molecule has 26 heavy (non-hydrogen) atoms. The minimum atomic E-state index is -2.08. The number of carbonyl (C=O) groups excluding carboxylic acids is 1. The molecule has 0 radical (unpaired) electrons. The molecule has 5 nitrogen and oxygen atoms in total. The number of furan rings is 1. The van der Waals surface area contributed by atoms with E-state index in [0.717, 1.165) is 5.76 Å². The van der Waals surface area contributed by atoms with Crippen LogP contribution in [0.3, 0.4) is 0 Å². The molecule has 0 saturated heterocycles. The minimum Gasteiger partial charge on any atom is -0.467 e. The summed E-state index contributed by atoms with van der Waals surface area (Å²) >= 11 is 0. The Bertz CT molecular complexity index is 568. The molecule has 1 heterocycles. The third kappa shape index (κ3) is 6.47. The van der Waals surface area contributed by atoms with E-state index in [1.807, 2.05) is 32.9 Å². The van der Waals surface area contributed by atoms with Crippen LogP contribution in [0.1, 0.15) is 67.3 Å². The van der Waals surface area contributed by atoms with Crippen molar-refractivity contribution in [2.24, 2.45) is 5.92 Å². The largest absolute Gasteiger partial charge is 0.467 e. The maximum Gasteiger partial charge on any atom is 0.407 e. The summed E-state index contributed by atoms with van der Waals surface area (Å²) in [5.74, 6) is 0.868. The zero-order valence-electron chi connectivity index (χ0n) is 18.1. The molecule has 6 heteroatoms. The van der Waals surface area contributed by atoms with Crippen molar-refractivity contribution in [2.75, 3.05) is 0 Å². The second kappa shape index (κ2) is 8.17. The van der Waals surface area contributed by atoms with Gasteiger partial charge in [-0.25, -0.2) is 4.79 Å². The molecule has 1 amide bonds. The highest BCUT2D eigenvalue weighted by Crippen LogP contribution is 2.41. The summed E-state index contributed by atoms with van der Waals surface area (Å²) < 4.78 is 17.8. The van der Waals surface area contributed by atoms with Crippen molar-refractivity contribution in [2.45, 2.75) is 91.3 Å². The lowest BCUT2D eigenvalue weighted by Gasteiger charge is -2.41. The predicted octanol–water partition coefficient (Wildman–Crippen LogP) is 5.89. The molecule has 0 saturated carbocycles. The van der Waals surface area contributed by atoms with E-state index in [2.05, 4.69) is 53.0 Å². The second-order valence-corrected chi connectivity index (χ2v) is 14.5. The molecule has 2 atom stereocenters. The number of amides is 1. The summed E-state index contributed by atoms with van der Waals surface area (Å²) in [6.45, 7) is 20.7. The van der Waals surface area contributed by atoms with Crippen molar-refractivity contribution in [3.63, 3.8) is 0 Å². The predicted molar refractivity (Wildman–Crippen MR) is 108 cm³/mol. The number of ether oxygens (including phenoxy) is 1. The first kappa shape index (κ1) is 22.8. The lowest BCUT2D eigenvalue weighted by atomic mass is 9.97. The molecule has 0 aliphatic heterocycles. The summed E-state index contributed by atoms with van der Waals surface area (Å²) in [5.41, 5.74) is -0.550. The molecule has 0 aliphatic rings. The lowest BCUT2D eigenvalue weighted by Crippen LogP contribution is -2.50. The Labute approximate surface area is 160 Å². The van der Waals surface area contributed by atoms with E-state index >= 15 is 0 Å². The fourth-order valence-corrected chi connectivity index (χ4v) is 3.54. The van der Waals surface area contributed by atoms with Crippen LogP contribution in [0, 0.1) is 5.92 Å². The molecule has 1 N–H and O–H groups in total. The number of carbonyl (C=O) groups is 1. The molecule has 0 bridgehead atoms. The number of hydrogen-bond acceptors (Lipinski definition) is 4. The van der Waals surface area contributed by atoms with Gasteiger partial charge in [0.2, 0.25) is 0 Å². The first-order chi connectivity index (χ1) is 11.6.